The second kappa shape index (κ2) is 5.54. The molecule has 1 aromatic carbocycles. The van der Waals surface area contributed by atoms with Crippen LogP contribution in [0, 0.1) is 12.8 Å². The molecule has 1 aliphatic rings. The molecule has 1 saturated heterocycles. The lowest BCUT2D eigenvalue weighted by atomic mass is 9.93. The van der Waals surface area contributed by atoms with Gasteiger partial charge in [0.2, 0.25) is 0 Å². The Morgan fingerprint density at radius 2 is 2.00 bits per heavy atom. The molecular formula is C15H23NO. The first-order valence-corrected chi connectivity index (χ1v) is 6.70. The van der Waals surface area contributed by atoms with Gasteiger partial charge >= 0.3 is 0 Å². The third-order valence-electron chi connectivity index (χ3n) is 3.98. The molecule has 1 N–H and O–H groups in total. The Labute approximate surface area is 104 Å². The van der Waals surface area contributed by atoms with Gasteiger partial charge in [-0.15, -0.1) is 0 Å². The molecule has 1 aromatic rings. The summed E-state index contributed by atoms with van der Waals surface area (Å²) in [6.07, 6.45) is 3.95. The number of aliphatic hydroxyl groups excluding tert-OH is 1. The number of hydrogen-bond donors (Lipinski definition) is 1. The standard InChI is InChI=1S/C15H23NO/c1-3-13-6-8-16(9-7-13)15-5-4-14(11-17)10-12(15)2/h4-5,10,13,17H,3,6-9,11H2,1-2H3. The molecule has 0 spiro atoms. The minimum atomic E-state index is 0.138. The van der Waals surface area contributed by atoms with Crippen LogP contribution < -0.4 is 4.90 Å². The molecule has 2 heteroatoms. The molecule has 0 bridgehead atoms. The number of nitrogens with zero attached hydrogens (tertiary/aromatic N) is 1. The van der Waals surface area contributed by atoms with Crippen LogP contribution in [0.5, 0.6) is 0 Å². The van der Waals surface area contributed by atoms with Gasteiger partial charge in [0.1, 0.15) is 0 Å². The summed E-state index contributed by atoms with van der Waals surface area (Å²) >= 11 is 0. The van der Waals surface area contributed by atoms with Crippen molar-refractivity contribution in [3.05, 3.63) is 29.3 Å². The third-order valence-corrected chi connectivity index (χ3v) is 3.98. The van der Waals surface area contributed by atoms with Gasteiger partial charge in [-0.2, -0.15) is 0 Å². The van der Waals surface area contributed by atoms with Crippen molar-refractivity contribution in [1.29, 1.82) is 0 Å². The normalized spacial score (nSPS) is 17.5. The monoisotopic (exact) mass is 233 g/mol. The predicted octanol–water partition coefficient (Wildman–Crippen LogP) is 3.11. The predicted molar refractivity (Wildman–Crippen MR) is 72.3 cm³/mol. The fraction of sp³-hybridized carbons (Fsp3) is 0.600. The number of anilines is 1. The summed E-state index contributed by atoms with van der Waals surface area (Å²) in [6.45, 7) is 6.93. The highest BCUT2D eigenvalue weighted by atomic mass is 16.3. The van der Waals surface area contributed by atoms with E-state index < -0.39 is 0 Å². The van der Waals surface area contributed by atoms with Gasteiger partial charge in [-0.25, -0.2) is 0 Å². The first-order valence-electron chi connectivity index (χ1n) is 6.70. The average molecular weight is 233 g/mol. The highest BCUT2D eigenvalue weighted by molar-refractivity contribution is 5.54. The summed E-state index contributed by atoms with van der Waals surface area (Å²) in [6, 6.07) is 6.29. The topological polar surface area (TPSA) is 23.5 Å². The fourth-order valence-corrected chi connectivity index (χ4v) is 2.75. The molecule has 0 atom stereocenters. The van der Waals surface area contributed by atoms with Crippen molar-refractivity contribution in [3.63, 3.8) is 0 Å². The quantitative estimate of drug-likeness (QED) is 0.867. The van der Waals surface area contributed by atoms with Gasteiger partial charge in [0, 0.05) is 18.8 Å². The Morgan fingerprint density at radius 3 is 2.53 bits per heavy atom. The van der Waals surface area contributed by atoms with E-state index in [0.29, 0.717) is 0 Å². The first-order chi connectivity index (χ1) is 8.24. The molecule has 0 amide bonds. The number of piperidine rings is 1. The average Bonchev–Trinajstić information content (AvgIpc) is 2.39. The fourth-order valence-electron chi connectivity index (χ4n) is 2.75. The molecule has 1 fully saturated rings. The third kappa shape index (κ3) is 2.81. The zero-order valence-electron chi connectivity index (χ0n) is 10.9. The molecule has 2 nitrogen and oxygen atoms in total. The van der Waals surface area contributed by atoms with E-state index in [1.54, 1.807) is 0 Å². The SMILES string of the molecule is CCC1CCN(c2ccc(CO)cc2C)CC1. The van der Waals surface area contributed by atoms with Crippen molar-refractivity contribution in [3.8, 4) is 0 Å². The van der Waals surface area contributed by atoms with Gasteiger partial charge in [0.05, 0.1) is 6.61 Å². The van der Waals surface area contributed by atoms with Crippen LogP contribution in [0.3, 0.4) is 0 Å². The summed E-state index contributed by atoms with van der Waals surface area (Å²) in [7, 11) is 0. The molecule has 0 radical (unpaired) electrons. The molecule has 0 unspecified atom stereocenters. The van der Waals surface area contributed by atoms with Crippen molar-refractivity contribution < 1.29 is 5.11 Å². The van der Waals surface area contributed by atoms with Gasteiger partial charge in [0.25, 0.3) is 0 Å². The molecular weight excluding hydrogens is 210 g/mol. The second-order valence-corrected chi connectivity index (χ2v) is 5.12. The van der Waals surface area contributed by atoms with Crippen LogP contribution in [0.25, 0.3) is 0 Å². The van der Waals surface area contributed by atoms with E-state index in [1.165, 1.54) is 43.6 Å². The highest BCUT2D eigenvalue weighted by Crippen LogP contribution is 2.27. The van der Waals surface area contributed by atoms with E-state index in [2.05, 4.69) is 30.9 Å². The Balaban J connectivity index is 2.08. The van der Waals surface area contributed by atoms with Crippen LogP contribution in [0.2, 0.25) is 0 Å². The molecule has 17 heavy (non-hydrogen) atoms. The van der Waals surface area contributed by atoms with E-state index >= 15 is 0 Å². The number of aliphatic hydroxyl groups is 1. The van der Waals surface area contributed by atoms with Crippen LogP contribution in [0.4, 0.5) is 5.69 Å². The largest absolute Gasteiger partial charge is 0.392 e. The number of aryl methyl sites for hydroxylation is 1. The van der Waals surface area contributed by atoms with Crippen LogP contribution >= 0.6 is 0 Å². The van der Waals surface area contributed by atoms with E-state index in [4.69, 9.17) is 5.11 Å². The number of benzene rings is 1. The van der Waals surface area contributed by atoms with Crippen LogP contribution in [-0.2, 0) is 6.61 Å². The lowest BCUT2D eigenvalue weighted by Gasteiger charge is -2.34. The summed E-state index contributed by atoms with van der Waals surface area (Å²) in [5.74, 6) is 0.920. The lowest BCUT2D eigenvalue weighted by molar-refractivity contribution is 0.282. The molecule has 94 valence electrons. The molecule has 0 aliphatic carbocycles. The summed E-state index contributed by atoms with van der Waals surface area (Å²) in [5.41, 5.74) is 3.64. The summed E-state index contributed by atoms with van der Waals surface area (Å²) in [4.78, 5) is 2.49. The van der Waals surface area contributed by atoms with E-state index in [-0.39, 0.29) is 6.61 Å². The van der Waals surface area contributed by atoms with Crippen molar-refractivity contribution >= 4 is 5.69 Å². The van der Waals surface area contributed by atoms with Crippen molar-refractivity contribution in [2.75, 3.05) is 18.0 Å². The summed E-state index contributed by atoms with van der Waals surface area (Å²) in [5, 5.41) is 9.12. The second-order valence-electron chi connectivity index (χ2n) is 5.12. The van der Waals surface area contributed by atoms with E-state index in [1.807, 2.05) is 6.07 Å². The molecule has 1 heterocycles. The van der Waals surface area contributed by atoms with Gasteiger partial charge in [-0.05, 0) is 42.9 Å². The molecule has 0 saturated carbocycles. The van der Waals surface area contributed by atoms with Gasteiger partial charge in [-0.1, -0.05) is 25.5 Å². The lowest BCUT2D eigenvalue weighted by Crippen LogP contribution is -2.33. The smallest absolute Gasteiger partial charge is 0.0681 e. The Hall–Kier alpha value is -1.02. The van der Waals surface area contributed by atoms with Crippen molar-refractivity contribution in [1.82, 2.24) is 0 Å². The Morgan fingerprint density at radius 1 is 1.29 bits per heavy atom. The molecule has 0 aromatic heterocycles. The summed E-state index contributed by atoms with van der Waals surface area (Å²) < 4.78 is 0. The van der Waals surface area contributed by atoms with E-state index in [9.17, 15) is 0 Å². The Kier molecular flexibility index (Phi) is 4.06. The van der Waals surface area contributed by atoms with Crippen LogP contribution in [0.1, 0.15) is 37.3 Å². The maximum atomic E-state index is 9.12. The first kappa shape index (κ1) is 12.4. The molecule has 2 rings (SSSR count). The number of hydrogen-bond acceptors (Lipinski definition) is 2. The molecule has 1 aliphatic heterocycles. The maximum absolute atomic E-state index is 9.12. The highest BCUT2D eigenvalue weighted by Gasteiger charge is 2.18. The van der Waals surface area contributed by atoms with Gasteiger partial charge in [-0.3, -0.25) is 0 Å². The van der Waals surface area contributed by atoms with Crippen LogP contribution in [-0.4, -0.2) is 18.2 Å². The minimum Gasteiger partial charge on any atom is -0.392 e. The minimum absolute atomic E-state index is 0.138. The Bertz CT molecular complexity index is 367. The van der Waals surface area contributed by atoms with Gasteiger partial charge < -0.3 is 10.0 Å². The zero-order chi connectivity index (χ0) is 12.3. The zero-order valence-corrected chi connectivity index (χ0v) is 10.9. The van der Waals surface area contributed by atoms with Crippen LogP contribution in [0.15, 0.2) is 18.2 Å². The van der Waals surface area contributed by atoms with Crippen molar-refractivity contribution in [2.45, 2.75) is 39.7 Å². The van der Waals surface area contributed by atoms with Gasteiger partial charge in [0.15, 0.2) is 0 Å². The van der Waals surface area contributed by atoms with E-state index in [0.717, 1.165) is 11.5 Å². The maximum Gasteiger partial charge on any atom is 0.0681 e. The number of rotatable bonds is 3. The van der Waals surface area contributed by atoms with Crippen molar-refractivity contribution in [2.24, 2.45) is 5.92 Å².